The first-order valence-corrected chi connectivity index (χ1v) is 11.9. The second-order valence-electron chi connectivity index (χ2n) is 8.26. The van der Waals surface area contributed by atoms with Crippen LogP contribution >= 0.6 is 0 Å². The quantitative estimate of drug-likeness (QED) is 0.677. The van der Waals surface area contributed by atoms with Gasteiger partial charge in [-0.15, -0.1) is 0 Å². The van der Waals surface area contributed by atoms with Gasteiger partial charge < -0.3 is 9.64 Å². The van der Waals surface area contributed by atoms with Crippen molar-refractivity contribution in [2.24, 2.45) is 5.92 Å². The number of fused-ring (bicyclic) bond motifs is 1. The SMILES string of the molecule is CC(C)CN(C(=O)COC(=O)c1ccc2c(c1)CCCC2)[C@@H]1CCS(=O)(=O)C1. The van der Waals surface area contributed by atoms with E-state index in [1.165, 1.54) is 17.5 Å². The Bertz CT molecular complexity index is 846. The van der Waals surface area contributed by atoms with E-state index in [1.807, 2.05) is 26.0 Å². The number of benzene rings is 1. The van der Waals surface area contributed by atoms with Crippen molar-refractivity contribution >= 4 is 21.7 Å². The molecule has 1 heterocycles. The van der Waals surface area contributed by atoms with Gasteiger partial charge in [0.25, 0.3) is 5.91 Å². The Balaban J connectivity index is 1.62. The number of carbonyl (C=O) groups excluding carboxylic acids is 2. The van der Waals surface area contributed by atoms with Crippen molar-refractivity contribution in [3.05, 3.63) is 34.9 Å². The standard InChI is InChI=1S/C21H29NO5S/c1-15(2)12-22(19-9-10-28(25,26)14-19)20(23)13-27-21(24)18-8-7-16-5-3-4-6-17(16)11-18/h7-8,11,15,19H,3-6,9-10,12-14H2,1-2H3/t19-/m1/s1. The van der Waals surface area contributed by atoms with Gasteiger partial charge in [0.1, 0.15) is 0 Å². The number of ether oxygens (including phenoxy) is 1. The Hall–Kier alpha value is -1.89. The van der Waals surface area contributed by atoms with E-state index in [0.29, 0.717) is 18.5 Å². The normalized spacial score (nSPS) is 20.6. The highest BCUT2D eigenvalue weighted by atomic mass is 32.2. The summed E-state index contributed by atoms with van der Waals surface area (Å²) in [5.74, 6) is -0.547. The van der Waals surface area contributed by atoms with Crippen LogP contribution in [0.5, 0.6) is 0 Å². The molecule has 0 N–H and O–H groups in total. The molecule has 1 aromatic rings. The summed E-state index contributed by atoms with van der Waals surface area (Å²) in [7, 11) is -3.09. The van der Waals surface area contributed by atoms with Crippen LogP contribution in [-0.4, -0.2) is 55.9 Å². The van der Waals surface area contributed by atoms with Crippen molar-refractivity contribution in [2.75, 3.05) is 24.7 Å². The third-order valence-corrected chi connectivity index (χ3v) is 7.19. The van der Waals surface area contributed by atoms with Crippen LogP contribution in [0.1, 0.15) is 54.6 Å². The average Bonchev–Trinajstić information content (AvgIpc) is 3.02. The number of aryl methyl sites for hydroxylation is 2. The minimum atomic E-state index is -3.09. The number of sulfone groups is 1. The zero-order valence-electron chi connectivity index (χ0n) is 16.6. The molecular formula is C21H29NO5S. The fourth-order valence-electron chi connectivity index (χ4n) is 4.02. The molecule has 0 unspecified atom stereocenters. The first-order valence-electron chi connectivity index (χ1n) is 10.0. The summed E-state index contributed by atoms with van der Waals surface area (Å²) < 4.78 is 28.9. The van der Waals surface area contributed by atoms with Crippen LogP contribution in [0.25, 0.3) is 0 Å². The molecule has 0 bridgehead atoms. The lowest BCUT2D eigenvalue weighted by Crippen LogP contribution is -2.45. The third kappa shape index (κ3) is 5.13. The monoisotopic (exact) mass is 407 g/mol. The van der Waals surface area contributed by atoms with Gasteiger partial charge in [0, 0.05) is 12.6 Å². The van der Waals surface area contributed by atoms with E-state index in [9.17, 15) is 18.0 Å². The summed E-state index contributed by atoms with van der Waals surface area (Å²) in [5, 5.41) is 0. The van der Waals surface area contributed by atoms with Crippen LogP contribution in [0, 0.1) is 5.92 Å². The van der Waals surface area contributed by atoms with E-state index in [4.69, 9.17) is 4.74 Å². The van der Waals surface area contributed by atoms with E-state index >= 15 is 0 Å². The number of rotatable bonds is 6. The molecule has 3 rings (SSSR count). The van der Waals surface area contributed by atoms with E-state index in [-0.39, 0.29) is 36.0 Å². The Kier molecular flexibility index (Phi) is 6.43. The highest BCUT2D eigenvalue weighted by Crippen LogP contribution is 2.23. The van der Waals surface area contributed by atoms with Crippen molar-refractivity contribution < 1.29 is 22.7 Å². The molecule has 1 amide bonds. The molecular weight excluding hydrogens is 378 g/mol. The second kappa shape index (κ2) is 8.64. The molecule has 2 aliphatic rings. The number of hydrogen-bond acceptors (Lipinski definition) is 5. The molecule has 0 spiro atoms. The predicted octanol–water partition coefficient (Wildman–Crippen LogP) is 2.39. The zero-order chi connectivity index (χ0) is 20.3. The van der Waals surface area contributed by atoms with Crippen LogP contribution < -0.4 is 0 Å². The lowest BCUT2D eigenvalue weighted by molar-refractivity contribution is -0.137. The molecule has 154 valence electrons. The van der Waals surface area contributed by atoms with Crippen molar-refractivity contribution in [1.29, 1.82) is 0 Å². The average molecular weight is 408 g/mol. The summed E-state index contributed by atoms with van der Waals surface area (Å²) in [6.07, 6.45) is 4.75. The molecule has 1 aliphatic heterocycles. The number of hydrogen-bond donors (Lipinski definition) is 0. The van der Waals surface area contributed by atoms with Gasteiger partial charge in [-0.1, -0.05) is 19.9 Å². The summed E-state index contributed by atoms with van der Waals surface area (Å²) in [6, 6.07) is 5.27. The molecule has 1 fully saturated rings. The second-order valence-corrected chi connectivity index (χ2v) is 10.5. The first kappa shape index (κ1) is 20.8. The van der Waals surface area contributed by atoms with Gasteiger partial charge in [-0.3, -0.25) is 4.79 Å². The van der Waals surface area contributed by atoms with Gasteiger partial charge in [0.05, 0.1) is 17.1 Å². The maximum atomic E-state index is 12.7. The number of nitrogens with zero attached hydrogens (tertiary/aromatic N) is 1. The van der Waals surface area contributed by atoms with Gasteiger partial charge in [-0.25, -0.2) is 13.2 Å². The Labute approximate surface area is 167 Å². The predicted molar refractivity (Wildman–Crippen MR) is 107 cm³/mol. The van der Waals surface area contributed by atoms with Crippen LogP contribution in [0.15, 0.2) is 18.2 Å². The van der Waals surface area contributed by atoms with E-state index < -0.39 is 15.8 Å². The van der Waals surface area contributed by atoms with Gasteiger partial charge in [0.15, 0.2) is 16.4 Å². The molecule has 1 atom stereocenters. The van der Waals surface area contributed by atoms with Crippen LogP contribution in [0.2, 0.25) is 0 Å². The van der Waals surface area contributed by atoms with Crippen LogP contribution in [0.3, 0.4) is 0 Å². The van der Waals surface area contributed by atoms with Gasteiger partial charge >= 0.3 is 5.97 Å². The number of carbonyl (C=O) groups is 2. The molecule has 1 saturated heterocycles. The highest BCUT2D eigenvalue weighted by molar-refractivity contribution is 7.91. The van der Waals surface area contributed by atoms with Crippen molar-refractivity contribution in [3.63, 3.8) is 0 Å². The zero-order valence-corrected chi connectivity index (χ0v) is 17.5. The molecule has 6 nitrogen and oxygen atoms in total. The summed E-state index contributed by atoms with van der Waals surface area (Å²) >= 11 is 0. The summed E-state index contributed by atoms with van der Waals surface area (Å²) in [6.45, 7) is 4.04. The maximum absolute atomic E-state index is 12.7. The largest absolute Gasteiger partial charge is 0.452 e. The lowest BCUT2D eigenvalue weighted by Gasteiger charge is -2.29. The molecule has 0 radical (unpaired) electrons. The minimum absolute atomic E-state index is 0.00969. The minimum Gasteiger partial charge on any atom is -0.452 e. The fraction of sp³-hybridized carbons (Fsp3) is 0.619. The summed E-state index contributed by atoms with van der Waals surface area (Å²) in [5.41, 5.74) is 2.93. The maximum Gasteiger partial charge on any atom is 0.338 e. The molecule has 28 heavy (non-hydrogen) atoms. The Morgan fingerprint density at radius 3 is 2.54 bits per heavy atom. The number of amides is 1. The molecule has 0 saturated carbocycles. The van der Waals surface area contributed by atoms with Gasteiger partial charge in [0.2, 0.25) is 0 Å². The van der Waals surface area contributed by atoms with Crippen molar-refractivity contribution in [1.82, 2.24) is 4.90 Å². The molecule has 0 aromatic heterocycles. The van der Waals surface area contributed by atoms with Crippen molar-refractivity contribution in [3.8, 4) is 0 Å². The van der Waals surface area contributed by atoms with Gasteiger partial charge in [-0.05, 0) is 61.3 Å². The Morgan fingerprint density at radius 2 is 1.89 bits per heavy atom. The van der Waals surface area contributed by atoms with Crippen LogP contribution in [-0.2, 0) is 32.2 Å². The first-order chi connectivity index (χ1) is 13.2. The highest BCUT2D eigenvalue weighted by Gasteiger charge is 2.35. The molecule has 1 aromatic carbocycles. The molecule has 1 aliphatic carbocycles. The smallest absolute Gasteiger partial charge is 0.338 e. The van der Waals surface area contributed by atoms with E-state index in [1.54, 1.807) is 11.0 Å². The Morgan fingerprint density at radius 1 is 1.18 bits per heavy atom. The lowest BCUT2D eigenvalue weighted by atomic mass is 9.90. The van der Waals surface area contributed by atoms with E-state index in [0.717, 1.165) is 19.3 Å². The fourth-order valence-corrected chi connectivity index (χ4v) is 5.75. The number of esters is 1. The van der Waals surface area contributed by atoms with Crippen molar-refractivity contribution in [2.45, 2.75) is 52.0 Å². The molecule has 7 heteroatoms. The van der Waals surface area contributed by atoms with E-state index in [2.05, 4.69) is 0 Å². The van der Waals surface area contributed by atoms with Crippen LogP contribution in [0.4, 0.5) is 0 Å². The summed E-state index contributed by atoms with van der Waals surface area (Å²) in [4.78, 5) is 26.7. The van der Waals surface area contributed by atoms with Gasteiger partial charge in [-0.2, -0.15) is 0 Å². The topological polar surface area (TPSA) is 80.8 Å². The third-order valence-electron chi connectivity index (χ3n) is 5.44.